The number of phenolic OH excluding ortho intramolecular Hbond substituents is 1. The number of nitrogens with one attached hydrogen (secondary N) is 1. The Morgan fingerprint density at radius 1 is 1.20 bits per heavy atom. The number of phenols is 1. The lowest BCUT2D eigenvalue weighted by molar-refractivity contribution is 0.432. The monoisotopic (exact) mass is 422 g/mol. The van der Waals surface area contributed by atoms with E-state index in [1.807, 2.05) is 24.3 Å². The fourth-order valence-corrected chi connectivity index (χ4v) is 5.46. The summed E-state index contributed by atoms with van der Waals surface area (Å²) in [6, 6.07) is 11.9. The van der Waals surface area contributed by atoms with E-state index in [0.29, 0.717) is 24.2 Å². The summed E-state index contributed by atoms with van der Waals surface area (Å²) < 4.78 is 33.0. The van der Waals surface area contributed by atoms with Gasteiger partial charge in [0.2, 0.25) is 15.8 Å². The van der Waals surface area contributed by atoms with Gasteiger partial charge in [-0.25, -0.2) is 13.1 Å². The standard InChI is InChI=1S/C21H18N4O4S/c22-11-13-10-12(4-9-19(13)26)21-23-20(24-29-21)17-3-1-2-16-15(17)7-8-18(16)25-30(27,28)14-5-6-14/h1-4,9-10,14,18,25-26H,5-8H2. The van der Waals surface area contributed by atoms with Gasteiger partial charge in [0.1, 0.15) is 11.8 Å². The fourth-order valence-electron chi connectivity index (χ4n) is 3.87. The molecule has 1 heterocycles. The molecule has 1 unspecified atom stereocenters. The predicted octanol–water partition coefficient (Wildman–Crippen LogP) is 3.05. The van der Waals surface area contributed by atoms with Gasteiger partial charge in [-0.15, -0.1) is 0 Å². The molecule has 0 bridgehead atoms. The fraction of sp³-hybridized carbons (Fsp3) is 0.286. The van der Waals surface area contributed by atoms with Crippen molar-refractivity contribution in [3.63, 3.8) is 0 Å². The molecule has 0 saturated heterocycles. The quantitative estimate of drug-likeness (QED) is 0.646. The molecule has 152 valence electrons. The number of hydrogen-bond acceptors (Lipinski definition) is 7. The summed E-state index contributed by atoms with van der Waals surface area (Å²) in [5.41, 5.74) is 3.41. The van der Waals surface area contributed by atoms with Crippen LogP contribution in [-0.2, 0) is 16.4 Å². The molecule has 1 aromatic heterocycles. The van der Waals surface area contributed by atoms with Crippen LogP contribution in [0, 0.1) is 11.3 Å². The lowest BCUT2D eigenvalue weighted by Gasteiger charge is -2.14. The Kier molecular flexibility index (Phi) is 4.34. The van der Waals surface area contributed by atoms with Crippen LogP contribution in [0.15, 0.2) is 40.9 Å². The van der Waals surface area contributed by atoms with E-state index in [0.717, 1.165) is 29.5 Å². The van der Waals surface area contributed by atoms with Gasteiger partial charge in [0.25, 0.3) is 5.89 Å². The average Bonchev–Trinajstić information content (AvgIpc) is 3.38. The van der Waals surface area contributed by atoms with Crippen LogP contribution >= 0.6 is 0 Å². The number of nitriles is 1. The van der Waals surface area contributed by atoms with E-state index >= 15 is 0 Å². The molecule has 5 rings (SSSR count). The molecule has 30 heavy (non-hydrogen) atoms. The van der Waals surface area contributed by atoms with Crippen molar-refractivity contribution in [3.05, 3.63) is 53.1 Å². The third-order valence-electron chi connectivity index (χ3n) is 5.57. The topological polar surface area (TPSA) is 129 Å². The van der Waals surface area contributed by atoms with E-state index in [4.69, 9.17) is 9.78 Å². The smallest absolute Gasteiger partial charge is 0.258 e. The molecule has 1 atom stereocenters. The molecule has 1 fully saturated rings. The van der Waals surface area contributed by atoms with Crippen molar-refractivity contribution < 1.29 is 18.0 Å². The highest BCUT2D eigenvalue weighted by molar-refractivity contribution is 7.90. The molecule has 0 radical (unpaired) electrons. The molecule has 1 saturated carbocycles. The van der Waals surface area contributed by atoms with Crippen LogP contribution in [0.25, 0.3) is 22.8 Å². The van der Waals surface area contributed by atoms with Crippen molar-refractivity contribution in [1.82, 2.24) is 14.9 Å². The van der Waals surface area contributed by atoms with Gasteiger partial charge in [0, 0.05) is 17.2 Å². The minimum Gasteiger partial charge on any atom is -0.507 e. The Bertz CT molecular complexity index is 1290. The Balaban J connectivity index is 1.46. The first kappa shape index (κ1) is 18.8. The SMILES string of the molecule is N#Cc1cc(-c2nc(-c3cccc4c3CCC4NS(=O)(=O)C3CC3)no2)ccc1O. The molecular weight excluding hydrogens is 404 g/mol. The third kappa shape index (κ3) is 3.24. The molecule has 8 nitrogen and oxygen atoms in total. The molecule has 2 aliphatic rings. The molecule has 0 amide bonds. The van der Waals surface area contributed by atoms with Gasteiger partial charge in [-0.3, -0.25) is 0 Å². The zero-order valence-electron chi connectivity index (χ0n) is 15.9. The molecule has 0 aliphatic heterocycles. The number of nitrogens with zero attached hydrogens (tertiary/aromatic N) is 3. The second kappa shape index (κ2) is 6.93. The summed E-state index contributed by atoms with van der Waals surface area (Å²) in [7, 11) is -3.28. The molecule has 3 aromatic rings. The number of hydrogen-bond donors (Lipinski definition) is 2. The number of aromatic hydroxyl groups is 1. The lowest BCUT2D eigenvalue weighted by Crippen LogP contribution is -2.30. The first-order chi connectivity index (χ1) is 14.5. The van der Waals surface area contributed by atoms with Gasteiger partial charge in [0.05, 0.1) is 10.8 Å². The van der Waals surface area contributed by atoms with Gasteiger partial charge < -0.3 is 9.63 Å². The number of fused-ring (bicyclic) bond motifs is 1. The van der Waals surface area contributed by atoms with Crippen LogP contribution in [0.2, 0.25) is 0 Å². The van der Waals surface area contributed by atoms with Gasteiger partial charge in [0.15, 0.2) is 0 Å². The molecule has 2 aliphatic carbocycles. The highest BCUT2D eigenvalue weighted by Crippen LogP contribution is 2.39. The van der Waals surface area contributed by atoms with Crippen molar-refractivity contribution in [2.24, 2.45) is 0 Å². The van der Waals surface area contributed by atoms with E-state index in [-0.39, 0.29) is 28.5 Å². The summed E-state index contributed by atoms with van der Waals surface area (Å²) in [5.74, 6) is 0.531. The first-order valence-electron chi connectivity index (χ1n) is 9.67. The van der Waals surface area contributed by atoms with Crippen LogP contribution in [0.5, 0.6) is 5.75 Å². The van der Waals surface area contributed by atoms with E-state index in [1.54, 1.807) is 6.07 Å². The number of sulfonamides is 1. The maximum atomic E-state index is 12.4. The normalized spacial score (nSPS) is 18.2. The Labute approximate surface area is 173 Å². The van der Waals surface area contributed by atoms with Crippen LogP contribution < -0.4 is 4.72 Å². The van der Waals surface area contributed by atoms with Crippen molar-refractivity contribution in [1.29, 1.82) is 5.26 Å². The van der Waals surface area contributed by atoms with Crippen LogP contribution in [-0.4, -0.2) is 28.9 Å². The molecular formula is C21H18N4O4S. The van der Waals surface area contributed by atoms with E-state index < -0.39 is 10.0 Å². The largest absolute Gasteiger partial charge is 0.507 e. The van der Waals surface area contributed by atoms with Gasteiger partial charge in [-0.05, 0) is 55.0 Å². The number of rotatable bonds is 5. The van der Waals surface area contributed by atoms with Crippen LogP contribution in [0.3, 0.4) is 0 Å². The minimum absolute atomic E-state index is 0.110. The predicted molar refractivity (Wildman–Crippen MR) is 108 cm³/mol. The third-order valence-corrected chi connectivity index (χ3v) is 7.53. The Morgan fingerprint density at radius 2 is 2.03 bits per heavy atom. The first-order valence-corrected chi connectivity index (χ1v) is 11.2. The van der Waals surface area contributed by atoms with Crippen molar-refractivity contribution in [2.45, 2.75) is 37.0 Å². The lowest BCUT2D eigenvalue weighted by atomic mass is 10.0. The molecule has 9 heteroatoms. The summed E-state index contributed by atoms with van der Waals surface area (Å²) in [4.78, 5) is 4.46. The van der Waals surface area contributed by atoms with Gasteiger partial charge in [-0.2, -0.15) is 10.2 Å². The van der Waals surface area contributed by atoms with Crippen molar-refractivity contribution >= 4 is 10.0 Å². The van der Waals surface area contributed by atoms with Gasteiger partial charge >= 0.3 is 0 Å². The highest BCUT2D eigenvalue weighted by Gasteiger charge is 2.38. The summed E-state index contributed by atoms with van der Waals surface area (Å²) in [5, 5.41) is 22.6. The van der Waals surface area contributed by atoms with E-state index in [2.05, 4.69) is 14.9 Å². The van der Waals surface area contributed by atoms with Crippen LogP contribution in [0.1, 0.15) is 42.0 Å². The number of benzene rings is 2. The maximum absolute atomic E-state index is 12.4. The number of aromatic nitrogens is 2. The maximum Gasteiger partial charge on any atom is 0.258 e. The summed E-state index contributed by atoms with van der Waals surface area (Å²) >= 11 is 0. The summed E-state index contributed by atoms with van der Waals surface area (Å²) in [6.45, 7) is 0. The summed E-state index contributed by atoms with van der Waals surface area (Å²) in [6.07, 6.45) is 2.86. The Morgan fingerprint density at radius 3 is 2.80 bits per heavy atom. The molecule has 0 spiro atoms. The zero-order chi connectivity index (χ0) is 20.9. The zero-order valence-corrected chi connectivity index (χ0v) is 16.7. The van der Waals surface area contributed by atoms with Crippen molar-refractivity contribution in [2.75, 3.05) is 0 Å². The Hall–Kier alpha value is -3.22. The highest BCUT2D eigenvalue weighted by atomic mass is 32.2. The van der Waals surface area contributed by atoms with E-state index in [1.165, 1.54) is 12.1 Å². The van der Waals surface area contributed by atoms with Gasteiger partial charge in [-0.1, -0.05) is 23.4 Å². The molecule has 2 aromatic carbocycles. The second-order valence-corrected chi connectivity index (χ2v) is 9.59. The van der Waals surface area contributed by atoms with Crippen molar-refractivity contribution in [3.8, 4) is 34.7 Å². The van der Waals surface area contributed by atoms with E-state index in [9.17, 15) is 13.5 Å². The molecule has 2 N–H and O–H groups in total. The van der Waals surface area contributed by atoms with Crippen LogP contribution in [0.4, 0.5) is 0 Å². The average molecular weight is 422 g/mol. The second-order valence-electron chi connectivity index (χ2n) is 7.59. The minimum atomic E-state index is -3.28.